The second kappa shape index (κ2) is 8.31. The number of fused-ring (bicyclic) bond motifs is 1. The summed E-state index contributed by atoms with van der Waals surface area (Å²) in [6.45, 7) is 8.59. The largest absolute Gasteiger partial charge is 0.454 e. The van der Waals surface area contributed by atoms with Crippen molar-refractivity contribution in [3.63, 3.8) is 0 Å². The number of hydrogen-bond donors (Lipinski definition) is 0. The number of anilines is 1. The summed E-state index contributed by atoms with van der Waals surface area (Å²) in [5, 5.41) is 2.19. The highest BCUT2D eigenvalue weighted by molar-refractivity contribution is 7.09. The lowest BCUT2D eigenvalue weighted by molar-refractivity contribution is 0.171. The Balaban J connectivity index is 1.13. The summed E-state index contributed by atoms with van der Waals surface area (Å²) in [6.07, 6.45) is 3.78. The van der Waals surface area contributed by atoms with E-state index in [1.165, 1.54) is 56.0 Å². The van der Waals surface area contributed by atoms with Crippen LogP contribution in [-0.2, 0) is 6.54 Å². The maximum absolute atomic E-state index is 5.55. The topological polar surface area (TPSA) is 28.2 Å². The van der Waals surface area contributed by atoms with Crippen molar-refractivity contribution in [1.82, 2.24) is 9.80 Å². The third kappa shape index (κ3) is 4.00. The smallest absolute Gasteiger partial charge is 0.231 e. The first-order valence-electron chi connectivity index (χ1n) is 10.5. The molecular formula is C22H29N3O2S. The molecule has 5 nitrogen and oxygen atoms in total. The lowest BCUT2D eigenvalue weighted by Crippen LogP contribution is -2.46. The standard InChI is InChI=1S/C22H29N3O2S/c1-3-20(28-14-1)16-23-8-2-9-24(13-12-23)18-6-10-25(11-7-18)19-4-5-21-22(15-19)27-17-26-21/h1,3-5,14-15,18H,2,6-13,16-17H2. The number of nitrogens with zero attached hydrogens (tertiary/aromatic N) is 3. The second-order valence-electron chi connectivity index (χ2n) is 8.00. The van der Waals surface area contributed by atoms with Crippen LogP contribution in [0.3, 0.4) is 0 Å². The van der Waals surface area contributed by atoms with Crippen LogP contribution >= 0.6 is 11.3 Å². The maximum atomic E-state index is 5.55. The normalized spacial score (nSPS) is 21.8. The molecule has 3 aliphatic heterocycles. The fourth-order valence-corrected chi connectivity index (χ4v) is 5.45. The first kappa shape index (κ1) is 18.3. The Labute approximate surface area is 171 Å². The Morgan fingerprint density at radius 1 is 0.929 bits per heavy atom. The van der Waals surface area contributed by atoms with Crippen molar-refractivity contribution in [2.24, 2.45) is 0 Å². The highest BCUT2D eigenvalue weighted by atomic mass is 32.1. The molecule has 28 heavy (non-hydrogen) atoms. The molecule has 0 aliphatic carbocycles. The molecule has 0 N–H and O–H groups in total. The Morgan fingerprint density at radius 3 is 2.68 bits per heavy atom. The Bertz CT molecular complexity index is 774. The summed E-state index contributed by atoms with van der Waals surface area (Å²) in [5.74, 6) is 1.76. The molecule has 0 saturated carbocycles. The van der Waals surface area contributed by atoms with Gasteiger partial charge in [-0.3, -0.25) is 9.80 Å². The van der Waals surface area contributed by atoms with Crippen molar-refractivity contribution in [2.75, 3.05) is 51.0 Å². The number of rotatable bonds is 4. The molecule has 0 radical (unpaired) electrons. The van der Waals surface area contributed by atoms with Crippen LogP contribution in [0.15, 0.2) is 35.7 Å². The predicted octanol–water partition coefficient (Wildman–Crippen LogP) is 3.65. The van der Waals surface area contributed by atoms with Gasteiger partial charge in [0.05, 0.1) is 0 Å². The van der Waals surface area contributed by atoms with Gasteiger partial charge in [0, 0.05) is 55.4 Å². The third-order valence-corrected chi connectivity index (χ3v) is 7.15. The molecule has 4 heterocycles. The zero-order valence-electron chi connectivity index (χ0n) is 16.4. The average Bonchev–Trinajstić information content (AvgIpc) is 3.36. The lowest BCUT2D eigenvalue weighted by Gasteiger charge is -2.39. The Hall–Kier alpha value is -1.76. The van der Waals surface area contributed by atoms with E-state index in [1.54, 1.807) is 0 Å². The first-order valence-corrected chi connectivity index (χ1v) is 11.4. The van der Waals surface area contributed by atoms with Crippen molar-refractivity contribution in [2.45, 2.75) is 31.8 Å². The summed E-state index contributed by atoms with van der Waals surface area (Å²) >= 11 is 1.88. The van der Waals surface area contributed by atoms with Crippen molar-refractivity contribution >= 4 is 17.0 Å². The number of thiophene rings is 1. The molecule has 1 aromatic heterocycles. The maximum Gasteiger partial charge on any atom is 0.231 e. The molecular weight excluding hydrogens is 370 g/mol. The SMILES string of the molecule is c1csc(CN2CCCN(C3CCN(c4ccc5c(c4)OCO5)CC3)CC2)c1. The summed E-state index contributed by atoms with van der Waals surface area (Å²) in [5.41, 5.74) is 1.26. The molecule has 5 rings (SSSR count). The van der Waals surface area contributed by atoms with E-state index in [0.717, 1.165) is 37.2 Å². The van der Waals surface area contributed by atoms with E-state index in [0.29, 0.717) is 6.79 Å². The number of piperidine rings is 1. The molecule has 0 unspecified atom stereocenters. The van der Waals surface area contributed by atoms with Crippen molar-refractivity contribution in [3.8, 4) is 11.5 Å². The minimum Gasteiger partial charge on any atom is -0.454 e. The molecule has 2 aromatic rings. The van der Waals surface area contributed by atoms with E-state index >= 15 is 0 Å². The summed E-state index contributed by atoms with van der Waals surface area (Å²) < 4.78 is 11.0. The highest BCUT2D eigenvalue weighted by Crippen LogP contribution is 2.36. The molecule has 3 aliphatic rings. The van der Waals surface area contributed by atoms with Crippen LogP contribution in [0.5, 0.6) is 11.5 Å². The lowest BCUT2D eigenvalue weighted by atomic mass is 10.0. The summed E-state index contributed by atoms with van der Waals surface area (Å²) in [6, 6.07) is 11.5. The Morgan fingerprint density at radius 2 is 1.82 bits per heavy atom. The predicted molar refractivity (Wildman–Crippen MR) is 114 cm³/mol. The zero-order chi connectivity index (χ0) is 18.8. The highest BCUT2D eigenvalue weighted by Gasteiger charge is 2.27. The van der Waals surface area contributed by atoms with Gasteiger partial charge in [-0.25, -0.2) is 0 Å². The van der Waals surface area contributed by atoms with Crippen LogP contribution in [0.25, 0.3) is 0 Å². The summed E-state index contributed by atoms with van der Waals surface area (Å²) in [4.78, 5) is 9.38. The van der Waals surface area contributed by atoms with Gasteiger partial charge < -0.3 is 14.4 Å². The third-order valence-electron chi connectivity index (χ3n) is 6.28. The number of ether oxygens (including phenoxy) is 2. The van der Waals surface area contributed by atoms with Gasteiger partial charge >= 0.3 is 0 Å². The monoisotopic (exact) mass is 399 g/mol. The van der Waals surface area contributed by atoms with Crippen LogP contribution < -0.4 is 14.4 Å². The van der Waals surface area contributed by atoms with Gasteiger partial charge in [0.25, 0.3) is 0 Å². The molecule has 0 spiro atoms. The quantitative estimate of drug-likeness (QED) is 0.783. The second-order valence-corrected chi connectivity index (χ2v) is 9.03. The minimum absolute atomic E-state index is 0.347. The molecule has 0 amide bonds. The molecule has 6 heteroatoms. The van der Waals surface area contributed by atoms with Crippen molar-refractivity contribution in [1.29, 1.82) is 0 Å². The molecule has 0 atom stereocenters. The zero-order valence-corrected chi connectivity index (χ0v) is 17.2. The number of hydrogen-bond acceptors (Lipinski definition) is 6. The average molecular weight is 400 g/mol. The molecule has 2 saturated heterocycles. The fourth-order valence-electron chi connectivity index (χ4n) is 4.71. The van der Waals surface area contributed by atoms with Crippen molar-refractivity contribution < 1.29 is 9.47 Å². The van der Waals surface area contributed by atoms with E-state index in [1.807, 2.05) is 17.4 Å². The van der Waals surface area contributed by atoms with E-state index in [9.17, 15) is 0 Å². The van der Waals surface area contributed by atoms with E-state index < -0.39 is 0 Å². The van der Waals surface area contributed by atoms with E-state index in [2.05, 4.69) is 44.3 Å². The van der Waals surface area contributed by atoms with E-state index in [-0.39, 0.29) is 0 Å². The molecule has 2 fully saturated rings. The van der Waals surface area contributed by atoms with Crippen LogP contribution in [0.2, 0.25) is 0 Å². The van der Waals surface area contributed by atoms with Crippen molar-refractivity contribution in [3.05, 3.63) is 40.6 Å². The molecule has 0 bridgehead atoms. The number of benzene rings is 1. The van der Waals surface area contributed by atoms with E-state index in [4.69, 9.17) is 9.47 Å². The molecule has 1 aromatic carbocycles. The summed E-state index contributed by atoms with van der Waals surface area (Å²) in [7, 11) is 0. The van der Waals surface area contributed by atoms with Crippen LogP contribution in [0, 0.1) is 0 Å². The van der Waals surface area contributed by atoms with Crippen LogP contribution in [0.4, 0.5) is 5.69 Å². The first-order chi connectivity index (χ1) is 13.8. The van der Waals surface area contributed by atoms with Gasteiger partial charge in [-0.2, -0.15) is 0 Å². The fraction of sp³-hybridized carbons (Fsp3) is 0.545. The van der Waals surface area contributed by atoms with Gasteiger partial charge in [-0.15, -0.1) is 11.3 Å². The van der Waals surface area contributed by atoms with Crippen LogP contribution in [-0.4, -0.2) is 61.9 Å². The van der Waals surface area contributed by atoms with Gasteiger partial charge in [0.2, 0.25) is 6.79 Å². The minimum atomic E-state index is 0.347. The molecule has 150 valence electrons. The van der Waals surface area contributed by atoms with Crippen LogP contribution in [0.1, 0.15) is 24.1 Å². The van der Waals surface area contributed by atoms with Gasteiger partial charge in [-0.05, 0) is 55.9 Å². The van der Waals surface area contributed by atoms with Gasteiger partial charge in [-0.1, -0.05) is 6.07 Å². The van der Waals surface area contributed by atoms with Gasteiger partial charge in [0.1, 0.15) is 0 Å². The Kier molecular flexibility index (Phi) is 5.43. The van der Waals surface area contributed by atoms with Gasteiger partial charge in [0.15, 0.2) is 11.5 Å².